The molecule has 0 radical (unpaired) electrons. The summed E-state index contributed by atoms with van der Waals surface area (Å²) in [6.45, 7) is 7.68. The van der Waals surface area contributed by atoms with Crippen molar-refractivity contribution in [2.75, 3.05) is 45.2 Å². The molecule has 2 aromatic carbocycles. The van der Waals surface area contributed by atoms with E-state index in [9.17, 15) is 13.2 Å². The van der Waals surface area contributed by atoms with Crippen LogP contribution < -0.4 is 4.90 Å². The zero-order valence-electron chi connectivity index (χ0n) is 20.3. The molecular formula is C24H33ClN4O3S2. The maximum atomic E-state index is 13.5. The summed E-state index contributed by atoms with van der Waals surface area (Å²) in [5.74, 6) is -0.196. The highest BCUT2D eigenvalue weighted by Gasteiger charge is 2.24. The molecule has 3 rings (SSSR count). The van der Waals surface area contributed by atoms with Gasteiger partial charge in [0.1, 0.15) is 0 Å². The lowest BCUT2D eigenvalue weighted by molar-refractivity contribution is 0.0985. The van der Waals surface area contributed by atoms with Crippen LogP contribution >= 0.6 is 23.7 Å². The van der Waals surface area contributed by atoms with Gasteiger partial charge in [0.2, 0.25) is 10.0 Å². The fraction of sp³-hybridized carbons (Fsp3) is 0.417. The fourth-order valence-corrected chi connectivity index (χ4v) is 6.03. The van der Waals surface area contributed by atoms with Crippen molar-refractivity contribution in [3.63, 3.8) is 0 Å². The molecular weight excluding hydrogens is 492 g/mol. The Bertz CT molecular complexity index is 1210. The average Bonchev–Trinajstić information content (AvgIpc) is 3.22. The number of sulfonamides is 1. The van der Waals surface area contributed by atoms with Gasteiger partial charge in [-0.05, 0) is 62.5 Å². The van der Waals surface area contributed by atoms with Crippen molar-refractivity contribution in [2.24, 2.45) is 0 Å². The first-order chi connectivity index (χ1) is 15.7. The Morgan fingerprint density at radius 1 is 0.971 bits per heavy atom. The molecule has 186 valence electrons. The smallest absolute Gasteiger partial charge is 0.260 e. The third kappa shape index (κ3) is 6.14. The minimum Gasteiger partial charge on any atom is -0.308 e. The number of fused-ring (bicyclic) bond motifs is 1. The van der Waals surface area contributed by atoms with E-state index in [1.165, 1.54) is 33.3 Å². The molecule has 0 aliphatic heterocycles. The van der Waals surface area contributed by atoms with Gasteiger partial charge in [-0.15, -0.1) is 12.4 Å². The van der Waals surface area contributed by atoms with E-state index in [1.54, 1.807) is 17.0 Å². The average molecular weight is 525 g/mol. The molecule has 0 aliphatic carbocycles. The van der Waals surface area contributed by atoms with E-state index < -0.39 is 10.0 Å². The van der Waals surface area contributed by atoms with Crippen LogP contribution in [-0.2, 0) is 16.4 Å². The van der Waals surface area contributed by atoms with Gasteiger partial charge in [0.25, 0.3) is 5.91 Å². The predicted octanol–water partition coefficient (Wildman–Crippen LogP) is 4.52. The van der Waals surface area contributed by atoms with Gasteiger partial charge in [-0.1, -0.05) is 38.2 Å². The van der Waals surface area contributed by atoms with Crippen LogP contribution in [0.2, 0.25) is 0 Å². The number of nitrogens with zero attached hydrogens (tertiary/aromatic N) is 4. The minimum absolute atomic E-state index is 0. The molecule has 0 saturated carbocycles. The van der Waals surface area contributed by atoms with Gasteiger partial charge < -0.3 is 4.90 Å². The highest BCUT2D eigenvalue weighted by atomic mass is 35.5. The number of likely N-dealkylation sites (N-methyl/N-ethyl adjacent to an activating group) is 1. The number of anilines is 1. The van der Waals surface area contributed by atoms with Crippen LogP contribution in [0.15, 0.2) is 47.4 Å². The molecule has 0 unspecified atom stereocenters. The summed E-state index contributed by atoms with van der Waals surface area (Å²) < 4.78 is 28.0. The Balaban J connectivity index is 0.00000408. The first-order valence-electron chi connectivity index (χ1n) is 11.2. The third-order valence-electron chi connectivity index (χ3n) is 5.54. The second-order valence-corrected chi connectivity index (χ2v) is 11.0. The van der Waals surface area contributed by atoms with Gasteiger partial charge in [0, 0.05) is 31.7 Å². The molecule has 0 fully saturated rings. The van der Waals surface area contributed by atoms with Crippen LogP contribution in [0.25, 0.3) is 10.2 Å². The lowest BCUT2D eigenvalue weighted by Gasteiger charge is -2.22. The Hall–Kier alpha value is -2.04. The molecule has 1 aromatic heterocycles. The van der Waals surface area contributed by atoms with Crippen molar-refractivity contribution in [2.45, 2.75) is 32.1 Å². The summed E-state index contributed by atoms with van der Waals surface area (Å²) in [6, 6.07) is 12.4. The molecule has 0 spiro atoms. The van der Waals surface area contributed by atoms with E-state index in [-0.39, 0.29) is 23.2 Å². The van der Waals surface area contributed by atoms with Crippen LogP contribution in [-0.4, -0.2) is 68.8 Å². The van der Waals surface area contributed by atoms with Gasteiger partial charge in [-0.25, -0.2) is 13.4 Å². The molecule has 0 saturated heterocycles. The standard InChI is InChI=1S/C24H32N4O3S2.ClH/c1-6-18-9-14-21-22(17-18)32-24(25-21)28(16-15-26(4)5)23(29)19-10-12-20(13-11-19)33(30,31)27(7-2)8-3;/h9-14,17H,6-8,15-16H2,1-5H3;1H. The number of halogens is 1. The molecule has 10 heteroatoms. The van der Waals surface area contributed by atoms with Gasteiger partial charge in [-0.2, -0.15) is 4.31 Å². The number of hydrogen-bond donors (Lipinski definition) is 0. The first-order valence-corrected chi connectivity index (χ1v) is 13.4. The van der Waals surface area contributed by atoms with Crippen molar-refractivity contribution in [1.29, 1.82) is 0 Å². The monoisotopic (exact) mass is 524 g/mol. The van der Waals surface area contributed by atoms with Crippen molar-refractivity contribution >= 4 is 55.0 Å². The maximum Gasteiger partial charge on any atom is 0.260 e. The largest absolute Gasteiger partial charge is 0.308 e. The number of carbonyl (C=O) groups is 1. The molecule has 0 bridgehead atoms. The summed E-state index contributed by atoms with van der Waals surface area (Å²) in [5, 5.41) is 0.643. The Morgan fingerprint density at radius 3 is 2.18 bits per heavy atom. The second-order valence-electron chi connectivity index (χ2n) is 8.03. The third-order valence-corrected chi connectivity index (χ3v) is 8.65. The number of rotatable bonds is 10. The lowest BCUT2D eigenvalue weighted by atomic mass is 10.2. The van der Waals surface area contributed by atoms with Crippen molar-refractivity contribution in [1.82, 2.24) is 14.2 Å². The predicted molar refractivity (Wildman–Crippen MR) is 143 cm³/mol. The van der Waals surface area contributed by atoms with Crippen molar-refractivity contribution in [3.05, 3.63) is 53.6 Å². The number of aromatic nitrogens is 1. The zero-order valence-corrected chi connectivity index (χ0v) is 22.8. The van der Waals surface area contributed by atoms with E-state index in [2.05, 4.69) is 19.1 Å². The quantitative estimate of drug-likeness (QED) is 0.390. The molecule has 3 aromatic rings. The summed E-state index contributed by atoms with van der Waals surface area (Å²) >= 11 is 1.50. The topological polar surface area (TPSA) is 73.8 Å². The number of hydrogen-bond acceptors (Lipinski definition) is 6. The summed E-state index contributed by atoms with van der Waals surface area (Å²) in [5.41, 5.74) is 2.53. The SMILES string of the molecule is CCc1ccc2nc(N(CCN(C)C)C(=O)c3ccc(S(=O)(=O)N(CC)CC)cc3)sc2c1.Cl. The van der Waals surface area contributed by atoms with Crippen molar-refractivity contribution in [3.8, 4) is 0 Å². The zero-order chi connectivity index (χ0) is 24.2. The Morgan fingerprint density at radius 2 is 1.62 bits per heavy atom. The summed E-state index contributed by atoms with van der Waals surface area (Å²) in [4.78, 5) is 22.1. The Kier molecular flexibility index (Phi) is 10.0. The lowest BCUT2D eigenvalue weighted by Crippen LogP contribution is -2.36. The molecule has 0 N–H and O–H groups in total. The molecule has 7 nitrogen and oxygen atoms in total. The van der Waals surface area contributed by atoms with Crippen LogP contribution in [0.4, 0.5) is 5.13 Å². The van der Waals surface area contributed by atoms with Crippen molar-refractivity contribution < 1.29 is 13.2 Å². The van der Waals surface area contributed by atoms with Crippen LogP contribution in [0.3, 0.4) is 0 Å². The van der Waals surface area contributed by atoms with Gasteiger partial charge in [0.05, 0.1) is 15.1 Å². The van der Waals surface area contributed by atoms with Gasteiger partial charge >= 0.3 is 0 Å². The van der Waals surface area contributed by atoms with E-state index >= 15 is 0 Å². The number of thiazole rings is 1. The van der Waals surface area contributed by atoms with E-state index in [1.807, 2.05) is 38.9 Å². The molecule has 34 heavy (non-hydrogen) atoms. The molecule has 0 aliphatic rings. The van der Waals surface area contributed by atoms with Gasteiger partial charge in [0.15, 0.2) is 5.13 Å². The summed E-state index contributed by atoms with van der Waals surface area (Å²) in [7, 11) is 0.349. The number of amides is 1. The van der Waals surface area contributed by atoms with Crippen LogP contribution in [0, 0.1) is 0 Å². The normalized spacial score (nSPS) is 11.7. The number of carbonyl (C=O) groups excluding carboxylic acids is 1. The number of benzene rings is 2. The highest BCUT2D eigenvalue weighted by Crippen LogP contribution is 2.31. The Labute approximate surface area is 212 Å². The van der Waals surface area contributed by atoms with Crippen LogP contribution in [0.1, 0.15) is 36.7 Å². The van der Waals surface area contributed by atoms with Gasteiger partial charge in [-0.3, -0.25) is 9.69 Å². The van der Waals surface area contributed by atoms with E-state index in [0.29, 0.717) is 36.9 Å². The number of aryl methyl sites for hydroxylation is 1. The van der Waals surface area contributed by atoms with Crippen LogP contribution in [0.5, 0.6) is 0 Å². The molecule has 1 heterocycles. The van der Waals surface area contributed by atoms with E-state index in [4.69, 9.17) is 4.98 Å². The fourth-order valence-electron chi connectivity index (χ4n) is 3.51. The molecule has 0 atom stereocenters. The minimum atomic E-state index is -3.57. The molecule has 1 amide bonds. The first kappa shape index (κ1) is 28.2. The van der Waals surface area contributed by atoms with E-state index in [0.717, 1.165) is 16.6 Å². The summed E-state index contributed by atoms with van der Waals surface area (Å²) in [6.07, 6.45) is 0.940. The second kappa shape index (κ2) is 12.1. The highest BCUT2D eigenvalue weighted by molar-refractivity contribution is 7.89. The maximum absolute atomic E-state index is 13.5.